The molecule has 25 heavy (non-hydrogen) atoms. The summed E-state index contributed by atoms with van der Waals surface area (Å²) in [4.78, 5) is 26.8. The molecule has 0 spiro atoms. The van der Waals surface area contributed by atoms with E-state index in [-0.39, 0.29) is 17.9 Å². The average molecular weight is 339 g/mol. The number of methoxy groups -OCH3 is 2. The normalized spacial score (nSPS) is 14.4. The molecule has 3 rings (SSSR count). The van der Waals surface area contributed by atoms with Crippen LogP contribution in [0.2, 0.25) is 0 Å². The Hall–Kier alpha value is -2.82. The van der Waals surface area contributed by atoms with Crippen molar-refractivity contribution in [3.8, 4) is 11.5 Å². The fourth-order valence-corrected chi connectivity index (χ4v) is 3.25. The van der Waals surface area contributed by atoms with E-state index in [2.05, 4.69) is 0 Å². The maximum Gasteiger partial charge on any atom is 0.261 e. The molecule has 130 valence electrons. The molecular weight excluding hydrogens is 318 g/mol. The van der Waals surface area contributed by atoms with Crippen molar-refractivity contribution < 1.29 is 19.1 Å². The minimum atomic E-state index is -0.242. The van der Waals surface area contributed by atoms with Crippen molar-refractivity contribution in [2.45, 2.75) is 25.8 Å². The van der Waals surface area contributed by atoms with Crippen LogP contribution >= 0.6 is 0 Å². The monoisotopic (exact) mass is 339 g/mol. The van der Waals surface area contributed by atoms with Gasteiger partial charge < -0.3 is 9.47 Å². The third-order valence-electron chi connectivity index (χ3n) is 4.60. The molecular formula is C20H21NO4. The lowest BCUT2D eigenvalue weighted by molar-refractivity contribution is 0.0579. The molecule has 0 aromatic heterocycles. The summed E-state index contributed by atoms with van der Waals surface area (Å²) in [7, 11) is 3.21. The Bertz CT molecular complexity index is 780. The van der Waals surface area contributed by atoms with Gasteiger partial charge in [-0.05, 0) is 48.7 Å². The van der Waals surface area contributed by atoms with E-state index in [0.29, 0.717) is 29.7 Å². The third-order valence-corrected chi connectivity index (χ3v) is 4.60. The Labute approximate surface area is 147 Å². The van der Waals surface area contributed by atoms with E-state index in [9.17, 15) is 9.59 Å². The van der Waals surface area contributed by atoms with Crippen LogP contribution in [0.4, 0.5) is 0 Å². The van der Waals surface area contributed by atoms with Crippen LogP contribution in [0, 0.1) is 0 Å². The number of imide groups is 1. The Balaban J connectivity index is 1.92. The topological polar surface area (TPSA) is 55.8 Å². The molecule has 5 nitrogen and oxygen atoms in total. The van der Waals surface area contributed by atoms with Crippen molar-refractivity contribution in [2.24, 2.45) is 0 Å². The van der Waals surface area contributed by atoms with E-state index in [4.69, 9.17) is 9.47 Å². The summed E-state index contributed by atoms with van der Waals surface area (Å²) in [5, 5.41) is 0. The van der Waals surface area contributed by atoms with Gasteiger partial charge in [0.05, 0.1) is 25.3 Å². The minimum Gasteiger partial charge on any atom is -0.497 e. The number of benzene rings is 2. The van der Waals surface area contributed by atoms with E-state index < -0.39 is 0 Å². The second kappa shape index (κ2) is 6.97. The number of fused-ring (bicyclic) bond motifs is 1. The minimum absolute atomic E-state index is 0.227. The molecule has 2 aromatic carbocycles. The molecule has 0 fully saturated rings. The van der Waals surface area contributed by atoms with Crippen molar-refractivity contribution in [1.29, 1.82) is 0 Å². The number of ether oxygens (including phenoxy) is 2. The van der Waals surface area contributed by atoms with Gasteiger partial charge in [0.2, 0.25) is 0 Å². The van der Waals surface area contributed by atoms with Gasteiger partial charge in [0.25, 0.3) is 11.8 Å². The number of hydrogen-bond donors (Lipinski definition) is 0. The lowest BCUT2D eigenvalue weighted by atomic mass is 10.0. The van der Waals surface area contributed by atoms with Crippen LogP contribution in [0.1, 0.15) is 39.6 Å². The SMILES string of the molecule is CC[C@H](Cc1cc(OC)ccc1OC)N1C(=O)c2ccccc2C1=O. The zero-order valence-electron chi connectivity index (χ0n) is 14.6. The van der Waals surface area contributed by atoms with Crippen molar-refractivity contribution in [2.75, 3.05) is 14.2 Å². The van der Waals surface area contributed by atoms with Crippen LogP contribution in [0.5, 0.6) is 11.5 Å². The first kappa shape index (κ1) is 17.0. The van der Waals surface area contributed by atoms with Crippen molar-refractivity contribution in [3.63, 3.8) is 0 Å². The molecule has 1 aliphatic rings. The summed E-state index contributed by atoms with van der Waals surface area (Å²) < 4.78 is 10.7. The summed E-state index contributed by atoms with van der Waals surface area (Å²) in [6.45, 7) is 1.97. The Morgan fingerprint density at radius 2 is 1.60 bits per heavy atom. The summed E-state index contributed by atoms with van der Waals surface area (Å²) in [6, 6.07) is 12.3. The van der Waals surface area contributed by atoms with Gasteiger partial charge in [0, 0.05) is 6.04 Å². The predicted octanol–water partition coefficient (Wildman–Crippen LogP) is 3.32. The standard InChI is InChI=1S/C20H21NO4/c1-4-14(11-13-12-15(24-2)9-10-18(13)25-3)21-19(22)16-7-5-6-8-17(16)20(21)23/h5-10,12,14H,4,11H2,1-3H3/t14-/m1/s1. The molecule has 5 heteroatoms. The van der Waals surface area contributed by atoms with Crippen LogP contribution < -0.4 is 9.47 Å². The first-order valence-electron chi connectivity index (χ1n) is 8.28. The van der Waals surface area contributed by atoms with Gasteiger partial charge in [-0.1, -0.05) is 19.1 Å². The molecule has 2 aromatic rings. The molecule has 0 N–H and O–H groups in total. The van der Waals surface area contributed by atoms with Crippen molar-refractivity contribution >= 4 is 11.8 Å². The second-order valence-corrected chi connectivity index (χ2v) is 5.97. The van der Waals surface area contributed by atoms with Crippen LogP contribution in [0.15, 0.2) is 42.5 Å². The first-order chi connectivity index (χ1) is 12.1. The number of carbonyl (C=O) groups excluding carboxylic acids is 2. The summed E-state index contributed by atoms with van der Waals surface area (Å²) >= 11 is 0. The predicted molar refractivity (Wildman–Crippen MR) is 94.3 cm³/mol. The molecule has 0 bridgehead atoms. The lowest BCUT2D eigenvalue weighted by Crippen LogP contribution is -2.40. The van der Waals surface area contributed by atoms with Gasteiger partial charge in [-0.2, -0.15) is 0 Å². The number of amides is 2. The molecule has 1 atom stereocenters. The van der Waals surface area contributed by atoms with Crippen LogP contribution in [0.25, 0.3) is 0 Å². The molecule has 0 saturated carbocycles. The Morgan fingerprint density at radius 3 is 2.12 bits per heavy atom. The molecule has 0 radical (unpaired) electrons. The zero-order valence-corrected chi connectivity index (χ0v) is 14.6. The number of nitrogens with zero attached hydrogens (tertiary/aromatic N) is 1. The molecule has 1 aliphatic heterocycles. The van der Waals surface area contributed by atoms with Gasteiger partial charge in [-0.25, -0.2) is 0 Å². The Kier molecular flexibility index (Phi) is 4.74. The van der Waals surface area contributed by atoms with E-state index in [1.54, 1.807) is 38.5 Å². The highest BCUT2D eigenvalue weighted by Gasteiger charge is 2.39. The summed E-state index contributed by atoms with van der Waals surface area (Å²) in [5.74, 6) is 0.979. The molecule has 0 saturated heterocycles. The average Bonchev–Trinajstić information content (AvgIpc) is 2.91. The van der Waals surface area contributed by atoms with Gasteiger partial charge in [-0.15, -0.1) is 0 Å². The van der Waals surface area contributed by atoms with E-state index in [0.717, 1.165) is 11.3 Å². The smallest absolute Gasteiger partial charge is 0.261 e. The number of hydrogen-bond acceptors (Lipinski definition) is 4. The van der Waals surface area contributed by atoms with Gasteiger partial charge in [-0.3, -0.25) is 14.5 Å². The fraction of sp³-hybridized carbons (Fsp3) is 0.300. The molecule has 0 unspecified atom stereocenters. The first-order valence-corrected chi connectivity index (χ1v) is 8.28. The maximum atomic E-state index is 12.7. The largest absolute Gasteiger partial charge is 0.497 e. The highest BCUT2D eigenvalue weighted by atomic mass is 16.5. The highest BCUT2D eigenvalue weighted by Crippen LogP contribution is 2.30. The molecule has 2 amide bonds. The van der Waals surface area contributed by atoms with Gasteiger partial charge in [0.1, 0.15) is 11.5 Å². The number of carbonyl (C=O) groups is 2. The van der Waals surface area contributed by atoms with Crippen molar-refractivity contribution in [3.05, 3.63) is 59.2 Å². The summed E-state index contributed by atoms with van der Waals surface area (Å²) in [6.07, 6.45) is 1.17. The molecule has 0 aliphatic carbocycles. The third kappa shape index (κ3) is 2.97. The zero-order chi connectivity index (χ0) is 18.0. The molecule has 1 heterocycles. The van der Waals surface area contributed by atoms with E-state index in [1.165, 1.54) is 4.90 Å². The maximum absolute atomic E-state index is 12.7. The second-order valence-electron chi connectivity index (χ2n) is 5.97. The summed E-state index contributed by atoms with van der Waals surface area (Å²) in [5.41, 5.74) is 1.86. The fourth-order valence-electron chi connectivity index (χ4n) is 3.25. The van der Waals surface area contributed by atoms with Gasteiger partial charge >= 0.3 is 0 Å². The Morgan fingerprint density at radius 1 is 0.960 bits per heavy atom. The van der Waals surface area contributed by atoms with Crippen molar-refractivity contribution in [1.82, 2.24) is 4.90 Å². The van der Waals surface area contributed by atoms with Crippen LogP contribution in [-0.4, -0.2) is 37.0 Å². The van der Waals surface area contributed by atoms with Crippen LogP contribution in [-0.2, 0) is 6.42 Å². The lowest BCUT2D eigenvalue weighted by Gasteiger charge is -2.26. The van der Waals surface area contributed by atoms with E-state index >= 15 is 0 Å². The van der Waals surface area contributed by atoms with Crippen LogP contribution in [0.3, 0.4) is 0 Å². The number of rotatable bonds is 6. The quantitative estimate of drug-likeness (QED) is 0.758. The van der Waals surface area contributed by atoms with Gasteiger partial charge in [0.15, 0.2) is 0 Å². The highest BCUT2D eigenvalue weighted by molar-refractivity contribution is 6.21. The van der Waals surface area contributed by atoms with E-state index in [1.807, 2.05) is 25.1 Å².